The number of methoxy groups -OCH3 is 1. The van der Waals surface area contributed by atoms with Crippen LogP contribution in [0.3, 0.4) is 0 Å². The zero-order chi connectivity index (χ0) is 14.6. The van der Waals surface area contributed by atoms with Crippen LogP contribution in [0.25, 0.3) is 0 Å². The number of rotatable bonds is 5. The lowest BCUT2D eigenvalue weighted by Crippen LogP contribution is -3.13. The highest BCUT2D eigenvalue weighted by Crippen LogP contribution is 2.11. The molecule has 1 heterocycles. The van der Waals surface area contributed by atoms with Crippen molar-refractivity contribution in [3.8, 4) is 5.75 Å². The summed E-state index contributed by atoms with van der Waals surface area (Å²) < 4.78 is 30.4. The second-order valence-corrected chi connectivity index (χ2v) is 7.34. The number of hydrogen-bond acceptors (Lipinski definition) is 3. The summed E-state index contributed by atoms with van der Waals surface area (Å²) in [5, 5.41) is 0. The fourth-order valence-corrected chi connectivity index (χ4v) is 3.62. The van der Waals surface area contributed by atoms with Crippen LogP contribution in [0.5, 0.6) is 5.75 Å². The molecule has 0 amide bonds. The molecule has 0 atom stereocenters. The van der Waals surface area contributed by atoms with Gasteiger partial charge >= 0.3 is 0 Å². The highest BCUT2D eigenvalue weighted by atomic mass is 32.2. The average Bonchev–Trinajstić information content (AvgIpc) is 2.48. The van der Waals surface area contributed by atoms with E-state index < -0.39 is 10.0 Å². The lowest BCUT2D eigenvalue weighted by molar-refractivity contribution is -0.917. The van der Waals surface area contributed by atoms with Gasteiger partial charge in [-0.05, 0) is 19.1 Å². The van der Waals surface area contributed by atoms with E-state index in [1.54, 1.807) is 18.3 Å². The third-order valence-corrected chi connectivity index (χ3v) is 5.66. The Bertz CT molecular complexity index is 537. The standard InChI is InChI=1S/C14H22N2O3S/c1-3-20(17,18)16-9-7-15(8-10-16)12-13-5-4-6-14(11-13)19-2/h4-6,11H,3,7-10,12H2,1-2H3/p+1. The number of piperazine rings is 1. The van der Waals surface area contributed by atoms with Gasteiger partial charge in [0.15, 0.2) is 0 Å². The molecule has 0 radical (unpaired) electrons. The van der Waals surface area contributed by atoms with Crippen LogP contribution in [-0.4, -0.2) is 51.8 Å². The van der Waals surface area contributed by atoms with Crippen molar-refractivity contribution in [3.05, 3.63) is 29.8 Å². The molecule has 0 aliphatic carbocycles. The molecule has 1 aliphatic heterocycles. The van der Waals surface area contributed by atoms with Gasteiger partial charge in [0.25, 0.3) is 0 Å². The molecule has 2 rings (SSSR count). The molecule has 1 aromatic carbocycles. The van der Waals surface area contributed by atoms with Gasteiger partial charge in [0.1, 0.15) is 12.3 Å². The van der Waals surface area contributed by atoms with Crippen LogP contribution in [-0.2, 0) is 16.6 Å². The predicted molar refractivity (Wildman–Crippen MR) is 78.4 cm³/mol. The number of nitrogens with one attached hydrogen (secondary N) is 1. The van der Waals surface area contributed by atoms with Crippen LogP contribution in [0, 0.1) is 0 Å². The molecule has 0 unspecified atom stereocenters. The lowest BCUT2D eigenvalue weighted by Gasteiger charge is -2.31. The summed E-state index contributed by atoms with van der Waals surface area (Å²) in [6.07, 6.45) is 0. The van der Waals surface area contributed by atoms with Gasteiger partial charge in [-0.15, -0.1) is 0 Å². The molecule has 1 aromatic rings. The van der Waals surface area contributed by atoms with Crippen LogP contribution < -0.4 is 9.64 Å². The van der Waals surface area contributed by atoms with Crippen molar-refractivity contribution >= 4 is 10.0 Å². The summed E-state index contributed by atoms with van der Waals surface area (Å²) in [7, 11) is -1.36. The van der Waals surface area contributed by atoms with E-state index in [-0.39, 0.29) is 5.75 Å². The smallest absolute Gasteiger partial charge is 0.214 e. The van der Waals surface area contributed by atoms with E-state index in [0.717, 1.165) is 25.4 Å². The number of benzene rings is 1. The largest absolute Gasteiger partial charge is 0.497 e. The first-order valence-electron chi connectivity index (χ1n) is 6.99. The minimum absolute atomic E-state index is 0.193. The highest BCUT2D eigenvalue weighted by Gasteiger charge is 2.27. The number of sulfonamides is 1. The van der Waals surface area contributed by atoms with E-state index in [2.05, 4.69) is 6.07 Å². The maximum Gasteiger partial charge on any atom is 0.214 e. The van der Waals surface area contributed by atoms with Gasteiger partial charge in [0, 0.05) is 5.56 Å². The molecule has 5 nitrogen and oxygen atoms in total. The van der Waals surface area contributed by atoms with Gasteiger partial charge in [-0.1, -0.05) is 12.1 Å². The first-order chi connectivity index (χ1) is 9.55. The number of hydrogen-bond donors (Lipinski definition) is 1. The Kier molecular flexibility index (Phi) is 5.01. The second kappa shape index (κ2) is 6.56. The number of quaternary nitrogens is 1. The van der Waals surface area contributed by atoms with Crippen LogP contribution in [0.4, 0.5) is 0 Å². The van der Waals surface area contributed by atoms with Crippen LogP contribution in [0.1, 0.15) is 12.5 Å². The average molecular weight is 299 g/mol. The molecule has 1 N–H and O–H groups in total. The molecule has 20 heavy (non-hydrogen) atoms. The predicted octanol–water partition coefficient (Wildman–Crippen LogP) is -0.255. The van der Waals surface area contributed by atoms with E-state index in [0.29, 0.717) is 13.1 Å². The monoisotopic (exact) mass is 299 g/mol. The van der Waals surface area contributed by atoms with E-state index in [1.807, 2.05) is 18.2 Å². The maximum absolute atomic E-state index is 11.8. The normalized spacial score (nSPS) is 18.1. The van der Waals surface area contributed by atoms with Crippen molar-refractivity contribution in [1.29, 1.82) is 0 Å². The summed E-state index contributed by atoms with van der Waals surface area (Å²) in [6, 6.07) is 8.06. The molecule has 1 saturated heterocycles. The summed E-state index contributed by atoms with van der Waals surface area (Å²) in [4.78, 5) is 1.42. The quantitative estimate of drug-likeness (QED) is 0.815. The summed E-state index contributed by atoms with van der Waals surface area (Å²) in [6.45, 7) is 5.57. The Labute approximate surface area is 121 Å². The Morgan fingerprint density at radius 2 is 2.00 bits per heavy atom. The maximum atomic E-state index is 11.8. The molecule has 1 fully saturated rings. The van der Waals surface area contributed by atoms with Crippen molar-refractivity contribution in [2.75, 3.05) is 39.0 Å². The Hall–Kier alpha value is -1.11. The first-order valence-corrected chi connectivity index (χ1v) is 8.60. The zero-order valence-corrected chi connectivity index (χ0v) is 12.9. The SMILES string of the molecule is CCS(=O)(=O)N1CC[NH+](Cc2cccc(OC)c2)CC1. The van der Waals surface area contributed by atoms with Crippen molar-refractivity contribution in [1.82, 2.24) is 4.31 Å². The second-order valence-electron chi connectivity index (χ2n) is 5.08. The minimum atomic E-state index is -3.03. The summed E-state index contributed by atoms with van der Waals surface area (Å²) >= 11 is 0. The summed E-state index contributed by atoms with van der Waals surface area (Å²) in [5.74, 6) is 1.06. The lowest BCUT2D eigenvalue weighted by atomic mass is 10.2. The third-order valence-electron chi connectivity index (χ3n) is 3.78. The molecular formula is C14H23N2O3S+. The topological polar surface area (TPSA) is 51.0 Å². The van der Waals surface area contributed by atoms with Crippen LogP contribution in [0.2, 0.25) is 0 Å². The Balaban J connectivity index is 1.91. The fraction of sp³-hybridized carbons (Fsp3) is 0.571. The van der Waals surface area contributed by atoms with Gasteiger partial charge in [0.05, 0.1) is 39.0 Å². The van der Waals surface area contributed by atoms with Crippen molar-refractivity contribution in [3.63, 3.8) is 0 Å². The third kappa shape index (κ3) is 3.71. The van der Waals surface area contributed by atoms with Crippen molar-refractivity contribution < 1.29 is 18.1 Å². The van der Waals surface area contributed by atoms with E-state index in [1.165, 1.54) is 10.5 Å². The number of nitrogens with zero attached hydrogens (tertiary/aromatic N) is 1. The first kappa shape index (κ1) is 15.3. The molecule has 0 bridgehead atoms. The van der Waals surface area contributed by atoms with E-state index >= 15 is 0 Å². The van der Waals surface area contributed by atoms with Crippen molar-refractivity contribution in [2.24, 2.45) is 0 Å². The molecule has 112 valence electrons. The van der Waals surface area contributed by atoms with Gasteiger partial charge in [-0.2, -0.15) is 4.31 Å². The fourth-order valence-electron chi connectivity index (χ4n) is 2.51. The van der Waals surface area contributed by atoms with Gasteiger partial charge < -0.3 is 9.64 Å². The van der Waals surface area contributed by atoms with E-state index in [4.69, 9.17) is 4.74 Å². The van der Waals surface area contributed by atoms with E-state index in [9.17, 15) is 8.42 Å². The molecular weight excluding hydrogens is 276 g/mol. The zero-order valence-electron chi connectivity index (χ0n) is 12.1. The highest BCUT2D eigenvalue weighted by molar-refractivity contribution is 7.89. The molecule has 0 spiro atoms. The van der Waals surface area contributed by atoms with Crippen molar-refractivity contribution in [2.45, 2.75) is 13.5 Å². The summed E-state index contributed by atoms with van der Waals surface area (Å²) in [5.41, 5.74) is 1.23. The molecule has 6 heteroatoms. The minimum Gasteiger partial charge on any atom is -0.497 e. The van der Waals surface area contributed by atoms with Gasteiger partial charge in [-0.25, -0.2) is 8.42 Å². The van der Waals surface area contributed by atoms with Gasteiger partial charge in [0.2, 0.25) is 10.0 Å². The molecule has 0 saturated carbocycles. The molecule has 0 aromatic heterocycles. The Morgan fingerprint density at radius 3 is 2.60 bits per heavy atom. The van der Waals surface area contributed by atoms with Gasteiger partial charge in [-0.3, -0.25) is 0 Å². The van der Waals surface area contributed by atoms with Crippen LogP contribution in [0.15, 0.2) is 24.3 Å². The Morgan fingerprint density at radius 1 is 1.30 bits per heavy atom. The van der Waals surface area contributed by atoms with Crippen LogP contribution >= 0.6 is 0 Å². The molecule has 1 aliphatic rings. The number of ether oxygens (including phenoxy) is 1.